The van der Waals surface area contributed by atoms with Crippen molar-refractivity contribution in [1.82, 2.24) is 10.6 Å². The largest absolute Gasteiger partial charge is 0.461 e. The first-order valence-electron chi connectivity index (χ1n) is 7.63. The fourth-order valence-corrected chi connectivity index (χ4v) is 3.01. The number of urea groups is 1. The number of hydrogen-bond acceptors (Lipinski definition) is 4. The van der Waals surface area contributed by atoms with Crippen LogP contribution in [-0.2, 0) is 9.53 Å². The highest BCUT2D eigenvalue weighted by molar-refractivity contribution is 7.99. The monoisotopic (exact) mass is 334 g/mol. The Morgan fingerprint density at radius 3 is 2.74 bits per heavy atom. The number of ether oxygens (including phenoxy) is 1. The predicted molar refractivity (Wildman–Crippen MR) is 92.2 cm³/mol. The number of carbonyl (C=O) groups is 2. The van der Waals surface area contributed by atoms with Gasteiger partial charge in [-0.1, -0.05) is 31.2 Å². The van der Waals surface area contributed by atoms with Gasteiger partial charge in [0.15, 0.2) is 0 Å². The summed E-state index contributed by atoms with van der Waals surface area (Å²) in [6.07, 6.45) is 0. The van der Waals surface area contributed by atoms with Crippen LogP contribution in [-0.4, -0.2) is 30.1 Å². The topological polar surface area (TPSA) is 67.4 Å². The fraction of sp³-hybridized carbons (Fsp3) is 0.412. The van der Waals surface area contributed by atoms with Crippen LogP contribution in [0, 0.1) is 6.92 Å². The minimum atomic E-state index is -0.490. The zero-order valence-electron chi connectivity index (χ0n) is 13.6. The van der Waals surface area contributed by atoms with Crippen molar-refractivity contribution in [2.75, 3.05) is 18.1 Å². The second kappa shape index (κ2) is 8.06. The van der Waals surface area contributed by atoms with Crippen LogP contribution in [0.25, 0.3) is 0 Å². The smallest absolute Gasteiger partial charge is 0.338 e. The van der Waals surface area contributed by atoms with E-state index in [1.807, 2.05) is 31.2 Å². The minimum absolute atomic E-state index is 0.311. The third-order valence-electron chi connectivity index (χ3n) is 3.65. The van der Waals surface area contributed by atoms with Crippen LogP contribution in [0.3, 0.4) is 0 Å². The van der Waals surface area contributed by atoms with Gasteiger partial charge in [0.25, 0.3) is 0 Å². The summed E-state index contributed by atoms with van der Waals surface area (Å²) in [4.78, 5) is 24.3. The molecule has 2 rings (SSSR count). The number of amides is 2. The molecule has 124 valence electrons. The molecule has 0 radical (unpaired) electrons. The van der Waals surface area contributed by atoms with E-state index in [1.54, 1.807) is 18.7 Å². The Kier molecular flexibility index (Phi) is 6.10. The van der Waals surface area contributed by atoms with Crippen LogP contribution >= 0.6 is 11.8 Å². The van der Waals surface area contributed by atoms with Crippen LogP contribution in [0.4, 0.5) is 4.79 Å². The van der Waals surface area contributed by atoms with Crippen LogP contribution in [0.5, 0.6) is 0 Å². The molecule has 0 saturated carbocycles. The molecule has 1 atom stereocenters. The Hall–Kier alpha value is -1.95. The molecule has 1 unspecified atom stereocenters. The zero-order valence-corrected chi connectivity index (χ0v) is 14.5. The van der Waals surface area contributed by atoms with Crippen LogP contribution in [0.1, 0.15) is 31.0 Å². The molecule has 5 nitrogen and oxygen atoms in total. The first-order chi connectivity index (χ1) is 11.0. The van der Waals surface area contributed by atoms with E-state index in [0.717, 1.165) is 22.6 Å². The molecule has 1 aliphatic rings. The summed E-state index contributed by atoms with van der Waals surface area (Å²) in [5, 5.41) is 5.48. The van der Waals surface area contributed by atoms with Crippen LogP contribution in [0.2, 0.25) is 0 Å². The molecule has 0 saturated heterocycles. The lowest BCUT2D eigenvalue weighted by atomic mass is 9.92. The Morgan fingerprint density at radius 2 is 2.04 bits per heavy atom. The first-order valence-corrected chi connectivity index (χ1v) is 8.78. The molecule has 0 fully saturated rings. The number of aryl methyl sites for hydroxylation is 1. The van der Waals surface area contributed by atoms with Gasteiger partial charge in [-0.05, 0) is 30.7 Å². The minimum Gasteiger partial charge on any atom is -0.461 e. The fourth-order valence-electron chi connectivity index (χ4n) is 2.52. The lowest BCUT2D eigenvalue weighted by molar-refractivity contribution is -0.138. The highest BCUT2D eigenvalue weighted by Gasteiger charge is 2.32. The Morgan fingerprint density at radius 1 is 1.30 bits per heavy atom. The molecule has 0 aliphatic carbocycles. The van der Waals surface area contributed by atoms with Crippen LogP contribution in [0.15, 0.2) is 35.5 Å². The number of rotatable bonds is 6. The zero-order chi connectivity index (χ0) is 16.8. The maximum absolute atomic E-state index is 12.5. The summed E-state index contributed by atoms with van der Waals surface area (Å²) in [5.41, 5.74) is 2.91. The average Bonchev–Trinajstić information content (AvgIpc) is 2.51. The number of carbonyl (C=O) groups excluding carboxylic acids is 2. The molecule has 1 aliphatic heterocycles. The molecule has 23 heavy (non-hydrogen) atoms. The lowest BCUT2D eigenvalue weighted by Crippen LogP contribution is -2.45. The molecule has 1 aromatic rings. The molecule has 1 aromatic carbocycles. The van der Waals surface area contributed by atoms with Gasteiger partial charge in [0.1, 0.15) is 6.61 Å². The molecule has 6 heteroatoms. The van der Waals surface area contributed by atoms with Gasteiger partial charge in [-0.25, -0.2) is 9.59 Å². The molecule has 2 N–H and O–H groups in total. The van der Waals surface area contributed by atoms with Gasteiger partial charge in [0.05, 0.1) is 11.6 Å². The van der Waals surface area contributed by atoms with Crippen molar-refractivity contribution in [3.63, 3.8) is 0 Å². The first kappa shape index (κ1) is 17.4. The predicted octanol–water partition coefficient (Wildman–Crippen LogP) is 2.92. The second-order valence-electron chi connectivity index (χ2n) is 5.26. The molecule has 0 bridgehead atoms. The molecular weight excluding hydrogens is 312 g/mol. The lowest BCUT2D eigenvalue weighted by Gasteiger charge is -2.29. The van der Waals surface area contributed by atoms with Crippen LogP contribution < -0.4 is 10.6 Å². The number of thioether (sulfide) groups is 1. The molecule has 0 aromatic heterocycles. The number of nitrogens with one attached hydrogen (secondary N) is 2. The SMILES string of the molecule is CCSCCOC(=O)C1=C(C)NC(=O)NC1c1ccccc1C. The van der Waals surface area contributed by atoms with Crippen molar-refractivity contribution >= 4 is 23.8 Å². The highest BCUT2D eigenvalue weighted by Crippen LogP contribution is 2.29. The summed E-state index contributed by atoms with van der Waals surface area (Å²) in [6, 6.07) is 6.90. The molecule has 1 heterocycles. The molecular formula is C17H22N2O3S. The number of benzene rings is 1. The van der Waals surface area contributed by atoms with E-state index >= 15 is 0 Å². The maximum Gasteiger partial charge on any atom is 0.338 e. The third kappa shape index (κ3) is 4.28. The standard InChI is InChI=1S/C17H22N2O3S/c1-4-23-10-9-22-16(20)14-12(3)18-17(21)19-15(14)13-8-6-5-7-11(13)2/h5-8,15H,4,9-10H2,1-3H3,(H2,18,19,21). The van der Waals surface area contributed by atoms with Gasteiger partial charge in [0.2, 0.25) is 0 Å². The summed E-state index contributed by atoms with van der Waals surface area (Å²) >= 11 is 1.72. The van der Waals surface area contributed by atoms with Crippen molar-refractivity contribution in [1.29, 1.82) is 0 Å². The average molecular weight is 334 g/mol. The Balaban J connectivity index is 2.25. The highest BCUT2D eigenvalue weighted by atomic mass is 32.2. The Labute approximate surface area is 140 Å². The van der Waals surface area contributed by atoms with Crippen molar-refractivity contribution in [3.05, 3.63) is 46.7 Å². The van der Waals surface area contributed by atoms with Gasteiger partial charge >= 0.3 is 12.0 Å². The van der Waals surface area contributed by atoms with Gasteiger partial charge in [-0.15, -0.1) is 0 Å². The van der Waals surface area contributed by atoms with Crippen molar-refractivity contribution < 1.29 is 14.3 Å². The molecule has 0 spiro atoms. The van der Waals surface area contributed by atoms with Gasteiger partial charge in [0, 0.05) is 11.4 Å². The number of allylic oxidation sites excluding steroid dienone is 1. The van der Waals surface area contributed by atoms with E-state index in [1.165, 1.54) is 0 Å². The Bertz CT molecular complexity index is 628. The summed E-state index contributed by atoms with van der Waals surface area (Å²) in [7, 11) is 0. The third-order valence-corrected chi connectivity index (χ3v) is 4.52. The van der Waals surface area contributed by atoms with E-state index in [4.69, 9.17) is 4.74 Å². The van der Waals surface area contributed by atoms with Gasteiger partial charge < -0.3 is 15.4 Å². The number of hydrogen-bond donors (Lipinski definition) is 2. The quantitative estimate of drug-likeness (QED) is 0.620. The van der Waals surface area contributed by atoms with Crippen molar-refractivity contribution in [2.24, 2.45) is 0 Å². The van der Waals surface area contributed by atoms with Crippen molar-refractivity contribution in [3.8, 4) is 0 Å². The van der Waals surface area contributed by atoms with E-state index in [-0.39, 0.29) is 12.0 Å². The summed E-state index contributed by atoms with van der Waals surface area (Å²) in [6.45, 7) is 6.11. The number of esters is 1. The second-order valence-corrected chi connectivity index (χ2v) is 6.65. The van der Waals surface area contributed by atoms with E-state index in [9.17, 15) is 9.59 Å². The molecule has 2 amide bonds. The van der Waals surface area contributed by atoms with E-state index in [2.05, 4.69) is 17.6 Å². The van der Waals surface area contributed by atoms with E-state index in [0.29, 0.717) is 17.9 Å². The van der Waals surface area contributed by atoms with E-state index < -0.39 is 6.04 Å². The van der Waals surface area contributed by atoms with Crippen molar-refractivity contribution in [2.45, 2.75) is 26.8 Å². The van der Waals surface area contributed by atoms with Gasteiger partial charge in [-0.2, -0.15) is 11.8 Å². The maximum atomic E-state index is 12.5. The van der Waals surface area contributed by atoms with Gasteiger partial charge in [-0.3, -0.25) is 0 Å². The summed E-state index contributed by atoms with van der Waals surface area (Å²) in [5.74, 6) is 1.37. The normalized spacial score (nSPS) is 17.5. The summed E-state index contributed by atoms with van der Waals surface area (Å²) < 4.78 is 5.37.